The molecule has 0 aliphatic carbocycles. The Kier molecular flexibility index (Phi) is 2.99. The predicted molar refractivity (Wildman–Crippen MR) is 55.0 cm³/mol. The molecule has 0 aliphatic heterocycles. The highest BCUT2D eigenvalue weighted by molar-refractivity contribution is 5.43. The summed E-state index contributed by atoms with van der Waals surface area (Å²) in [6.07, 6.45) is 1.55. The zero-order valence-corrected chi connectivity index (χ0v) is 7.93. The summed E-state index contributed by atoms with van der Waals surface area (Å²) in [7, 11) is 0. The smallest absolute Gasteiger partial charge is 0.272 e. The number of hydrogen-bond donors (Lipinski definition) is 1. The largest absolute Gasteiger partial charge is 0.321 e. The summed E-state index contributed by atoms with van der Waals surface area (Å²) in [6.45, 7) is 5.23. The van der Waals surface area contributed by atoms with Crippen LogP contribution < -0.4 is 5.73 Å². The maximum atomic E-state index is 10.6. The van der Waals surface area contributed by atoms with Gasteiger partial charge in [-0.3, -0.25) is 10.1 Å². The molecule has 1 aromatic carbocycles. The molecule has 4 heteroatoms. The molecule has 0 heterocycles. The van der Waals surface area contributed by atoms with E-state index in [4.69, 9.17) is 5.73 Å². The Labute approximate surface area is 82.2 Å². The summed E-state index contributed by atoms with van der Waals surface area (Å²) in [5.74, 6) is 0. The molecule has 0 radical (unpaired) electrons. The highest BCUT2D eigenvalue weighted by Gasteiger charge is 2.12. The Hall–Kier alpha value is -1.68. The number of aryl methyl sites for hydroxylation is 1. The fourth-order valence-corrected chi connectivity index (χ4v) is 1.17. The van der Waals surface area contributed by atoms with E-state index in [1.54, 1.807) is 25.1 Å². The highest BCUT2D eigenvalue weighted by Crippen LogP contribution is 2.22. The number of benzene rings is 1. The summed E-state index contributed by atoms with van der Waals surface area (Å²) in [4.78, 5) is 10.2. The first-order valence-corrected chi connectivity index (χ1v) is 4.19. The zero-order valence-electron chi connectivity index (χ0n) is 7.93. The third kappa shape index (κ3) is 1.97. The highest BCUT2D eigenvalue weighted by atomic mass is 16.6. The van der Waals surface area contributed by atoms with E-state index >= 15 is 0 Å². The molecular weight excluding hydrogens is 180 g/mol. The number of hydrogen-bond acceptors (Lipinski definition) is 3. The molecule has 14 heavy (non-hydrogen) atoms. The minimum atomic E-state index is -0.408. The Balaban J connectivity index is 3.19. The van der Waals surface area contributed by atoms with Crippen LogP contribution in [0, 0.1) is 17.0 Å². The van der Waals surface area contributed by atoms with E-state index in [2.05, 4.69) is 6.58 Å². The lowest BCUT2D eigenvalue weighted by molar-refractivity contribution is -0.385. The first-order valence-electron chi connectivity index (χ1n) is 4.19. The molecule has 4 nitrogen and oxygen atoms in total. The van der Waals surface area contributed by atoms with Crippen molar-refractivity contribution in [3.63, 3.8) is 0 Å². The molecule has 1 unspecified atom stereocenters. The second kappa shape index (κ2) is 4.02. The van der Waals surface area contributed by atoms with Crippen molar-refractivity contribution in [2.24, 2.45) is 5.73 Å². The van der Waals surface area contributed by atoms with E-state index in [-0.39, 0.29) is 11.7 Å². The van der Waals surface area contributed by atoms with Crippen molar-refractivity contribution < 1.29 is 4.92 Å². The molecule has 1 rings (SSSR count). The Morgan fingerprint density at radius 3 is 2.79 bits per heavy atom. The quantitative estimate of drug-likeness (QED) is 0.453. The van der Waals surface area contributed by atoms with Crippen LogP contribution in [0.2, 0.25) is 0 Å². The maximum absolute atomic E-state index is 10.6. The average molecular weight is 192 g/mol. The third-order valence-electron chi connectivity index (χ3n) is 2.07. The molecule has 0 spiro atoms. The van der Waals surface area contributed by atoms with Crippen LogP contribution in [-0.4, -0.2) is 4.92 Å². The van der Waals surface area contributed by atoms with Crippen molar-refractivity contribution in [1.29, 1.82) is 0 Å². The lowest BCUT2D eigenvalue weighted by atomic mass is 10.0. The Morgan fingerprint density at radius 1 is 1.64 bits per heavy atom. The normalized spacial score (nSPS) is 12.1. The molecule has 0 saturated carbocycles. The second-order valence-electron chi connectivity index (χ2n) is 3.06. The van der Waals surface area contributed by atoms with Crippen LogP contribution in [0.5, 0.6) is 0 Å². The average Bonchev–Trinajstić information content (AvgIpc) is 2.17. The molecule has 0 fully saturated rings. The van der Waals surface area contributed by atoms with Crippen LogP contribution >= 0.6 is 0 Å². The van der Waals surface area contributed by atoms with Crippen LogP contribution in [0.4, 0.5) is 5.69 Å². The molecule has 0 aromatic heterocycles. The third-order valence-corrected chi connectivity index (χ3v) is 2.07. The first kappa shape index (κ1) is 10.4. The molecule has 1 aromatic rings. The van der Waals surface area contributed by atoms with E-state index in [0.717, 1.165) is 0 Å². The molecular formula is C10H12N2O2. The molecule has 2 N–H and O–H groups in total. The van der Waals surface area contributed by atoms with Gasteiger partial charge in [-0.1, -0.05) is 18.2 Å². The van der Waals surface area contributed by atoms with E-state index in [1.807, 2.05) is 0 Å². The van der Waals surface area contributed by atoms with E-state index < -0.39 is 4.92 Å². The van der Waals surface area contributed by atoms with Crippen molar-refractivity contribution >= 4 is 5.69 Å². The molecule has 74 valence electrons. The van der Waals surface area contributed by atoms with Crippen LogP contribution in [-0.2, 0) is 0 Å². The van der Waals surface area contributed by atoms with Gasteiger partial charge in [0.2, 0.25) is 0 Å². The fraction of sp³-hybridized carbons (Fsp3) is 0.200. The van der Waals surface area contributed by atoms with Gasteiger partial charge >= 0.3 is 0 Å². The predicted octanol–water partition coefficient (Wildman–Crippen LogP) is 2.09. The number of nitrogens with two attached hydrogens (primary N) is 1. The Bertz CT molecular complexity index is 374. The van der Waals surface area contributed by atoms with Crippen molar-refractivity contribution in [2.75, 3.05) is 0 Å². The monoisotopic (exact) mass is 192 g/mol. The van der Waals surface area contributed by atoms with Gasteiger partial charge in [-0.2, -0.15) is 0 Å². The van der Waals surface area contributed by atoms with Gasteiger partial charge < -0.3 is 5.73 Å². The van der Waals surface area contributed by atoms with Gasteiger partial charge in [0.25, 0.3) is 5.69 Å². The maximum Gasteiger partial charge on any atom is 0.272 e. The van der Waals surface area contributed by atoms with Gasteiger partial charge in [-0.25, -0.2) is 0 Å². The lowest BCUT2D eigenvalue weighted by Crippen LogP contribution is -2.07. The molecule has 0 bridgehead atoms. The zero-order chi connectivity index (χ0) is 10.7. The minimum Gasteiger partial charge on any atom is -0.321 e. The van der Waals surface area contributed by atoms with Gasteiger partial charge in [-0.05, 0) is 12.5 Å². The van der Waals surface area contributed by atoms with E-state index in [1.165, 1.54) is 6.07 Å². The van der Waals surface area contributed by atoms with Crippen LogP contribution in [0.15, 0.2) is 30.9 Å². The van der Waals surface area contributed by atoms with Gasteiger partial charge in [0.05, 0.1) is 4.92 Å². The van der Waals surface area contributed by atoms with Crippen molar-refractivity contribution in [3.8, 4) is 0 Å². The van der Waals surface area contributed by atoms with Crippen molar-refractivity contribution in [2.45, 2.75) is 13.0 Å². The number of nitro groups is 1. The Morgan fingerprint density at radius 2 is 2.29 bits per heavy atom. The number of rotatable bonds is 3. The van der Waals surface area contributed by atoms with Crippen LogP contribution in [0.1, 0.15) is 17.2 Å². The summed E-state index contributed by atoms with van der Waals surface area (Å²) < 4.78 is 0. The van der Waals surface area contributed by atoms with Crippen LogP contribution in [0.3, 0.4) is 0 Å². The number of nitro benzene ring substituents is 1. The van der Waals surface area contributed by atoms with Crippen molar-refractivity contribution in [3.05, 3.63) is 52.1 Å². The molecule has 0 amide bonds. The first-order chi connectivity index (χ1) is 6.56. The summed E-state index contributed by atoms with van der Waals surface area (Å²) in [6, 6.07) is 4.60. The number of nitrogens with zero attached hydrogens (tertiary/aromatic N) is 1. The lowest BCUT2D eigenvalue weighted by Gasteiger charge is -2.06. The van der Waals surface area contributed by atoms with Gasteiger partial charge in [0.1, 0.15) is 0 Å². The standard InChI is InChI=1S/C10H12N2O2/c1-3-9(11)8-5-4-7(2)10(6-8)12(13)14/h3-6,9H,1,11H2,2H3. The fourth-order valence-electron chi connectivity index (χ4n) is 1.17. The van der Waals surface area contributed by atoms with Gasteiger partial charge in [-0.15, -0.1) is 6.58 Å². The molecule has 1 atom stereocenters. The molecule has 0 saturated heterocycles. The van der Waals surface area contributed by atoms with Crippen LogP contribution in [0.25, 0.3) is 0 Å². The van der Waals surface area contributed by atoms with Crippen molar-refractivity contribution in [1.82, 2.24) is 0 Å². The minimum absolute atomic E-state index is 0.0970. The SMILES string of the molecule is C=CC(N)c1ccc(C)c([N+](=O)[O-])c1. The van der Waals surface area contributed by atoms with E-state index in [0.29, 0.717) is 11.1 Å². The topological polar surface area (TPSA) is 69.2 Å². The summed E-state index contributed by atoms with van der Waals surface area (Å²) >= 11 is 0. The van der Waals surface area contributed by atoms with Gasteiger partial charge in [0.15, 0.2) is 0 Å². The molecule has 0 aliphatic rings. The summed E-state index contributed by atoms with van der Waals surface area (Å²) in [5, 5.41) is 10.6. The summed E-state index contributed by atoms with van der Waals surface area (Å²) in [5.41, 5.74) is 7.11. The van der Waals surface area contributed by atoms with E-state index in [9.17, 15) is 10.1 Å². The van der Waals surface area contributed by atoms with Gasteiger partial charge in [0, 0.05) is 17.7 Å². The second-order valence-corrected chi connectivity index (χ2v) is 3.06.